The third kappa shape index (κ3) is 6.78. The lowest BCUT2D eigenvalue weighted by Crippen LogP contribution is -2.41. The Balaban J connectivity index is 1.83. The van der Waals surface area contributed by atoms with Crippen molar-refractivity contribution < 1.29 is 24.5 Å². The molecule has 0 heterocycles. The molecule has 5 heteroatoms. The van der Waals surface area contributed by atoms with Crippen LogP contribution in [0.3, 0.4) is 0 Å². The zero-order chi connectivity index (χ0) is 22.0. The van der Waals surface area contributed by atoms with Gasteiger partial charge in [-0.05, 0) is 50.4 Å². The molecule has 0 aliphatic heterocycles. The number of aliphatic hydroxyl groups is 2. The highest BCUT2D eigenvalue weighted by Crippen LogP contribution is 2.49. The van der Waals surface area contributed by atoms with Gasteiger partial charge < -0.3 is 14.9 Å². The molecule has 0 aromatic rings. The zero-order valence-corrected chi connectivity index (χ0v) is 18.7. The summed E-state index contributed by atoms with van der Waals surface area (Å²) in [6.45, 7) is 2.19. The molecule has 5 nitrogen and oxygen atoms in total. The van der Waals surface area contributed by atoms with E-state index < -0.39 is 6.10 Å². The van der Waals surface area contributed by atoms with E-state index in [0.717, 1.165) is 44.9 Å². The molecule has 0 radical (unpaired) electrons. The molecule has 2 N–H and O–H groups in total. The third-order valence-electron chi connectivity index (χ3n) is 7.07. The summed E-state index contributed by atoms with van der Waals surface area (Å²) >= 11 is 0. The molecule has 2 saturated carbocycles. The van der Waals surface area contributed by atoms with E-state index in [1.165, 1.54) is 13.5 Å². The average Bonchev–Trinajstić information content (AvgIpc) is 2.96. The van der Waals surface area contributed by atoms with Gasteiger partial charge in [0, 0.05) is 24.7 Å². The average molecular weight is 421 g/mol. The smallest absolute Gasteiger partial charge is 0.305 e. The first kappa shape index (κ1) is 24.8. The number of esters is 1. The van der Waals surface area contributed by atoms with E-state index in [1.807, 2.05) is 24.3 Å². The third-order valence-corrected chi connectivity index (χ3v) is 7.07. The molecule has 0 aromatic heterocycles. The molecule has 2 aliphatic carbocycles. The number of unbranched alkanes of at least 4 members (excludes halogenated alkanes) is 2. The van der Waals surface area contributed by atoms with Crippen molar-refractivity contribution >= 4 is 11.8 Å². The Morgan fingerprint density at radius 3 is 2.67 bits per heavy atom. The van der Waals surface area contributed by atoms with E-state index in [4.69, 9.17) is 0 Å². The van der Waals surface area contributed by atoms with Gasteiger partial charge in [-0.15, -0.1) is 0 Å². The predicted octanol–water partition coefficient (Wildman–Crippen LogP) is 4.51. The second-order valence-electron chi connectivity index (χ2n) is 9.10. The fraction of sp³-hybridized carbons (Fsp3) is 0.760. The van der Waals surface area contributed by atoms with Crippen LogP contribution in [-0.2, 0) is 14.3 Å². The zero-order valence-electron chi connectivity index (χ0n) is 18.7. The maximum atomic E-state index is 12.3. The standard InChI is InChI=1S/C25H40O5/c1-3-4-15-25(16-10-17-25)23(28)13-9-12-20-19(21(26)18-22(20)27)11-7-5-6-8-14-24(29)30-2/h5,7,9,12,19-20,22-23,27-28H,3-4,6,8,10-11,13-18H2,1-2H3/b7-5-,12-9+/t19-,20-,22-,23?/m1/s1. The van der Waals surface area contributed by atoms with E-state index in [0.29, 0.717) is 19.3 Å². The van der Waals surface area contributed by atoms with Gasteiger partial charge in [0.25, 0.3) is 0 Å². The van der Waals surface area contributed by atoms with E-state index in [-0.39, 0.29) is 41.5 Å². The van der Waals surface area contributed by atoms with E-state index >= 15 is 0 Å². The number of methoxy groups -OCH3 is 1. The van der Waals surface area contributed by atoms with Gasteiger partial charge in [0.15, 0.2) is 0 Å². The highest BCUT2D eigenvalue weighted by molar-refractivity contribution is 5.84. The molecule has 0 bridgehead atoms. The van der Waals surface area contributed by atoms with Crippen LogP contribution in [-0.4, -0.2) is 41.3 Å². The number of hydrogen-bond acceptors (Lipinski definition) is 5. The lowest BCUT2D eigenvalue weighted by Gasteiger charge is -2.45. The van der Waals surface area contributed by atoms with Crippen LogP contribution in [0.25, 0.3) is 0 Å². The lowest BCUT2D eigenvalue weighted by atomic mass is 9.62. The number of hydrogen-bond donors (Lipinski definition) is 2. The van der Waals surface area contributed by atoms with Gasteiger partial charge in [-0.25, -0.2) is 0 Å². The summed E-state index contributed by atoms with van der Waals surface area (Å²) < 4.78 is 4.62. The van der Waals surface area contributed by atoms with Gasteiger partial charge in [-0.2, -0.15) is 0 Å². The number of ketones is 1. The van der Waals surface area contributed by atoms with Gasteiger partial charge in [-0.1, -0.05) is 50.5 Å². The Morgan fingerprint density at radius 2 is 2.03 bits per heavy atom. The van der Waals surface area contributed by atoms with Gasteiger partial charge >= 0.3 is 5.97 Å². The first-order valence-corrected chi connectivity index (χ1v) is 11.7. The summed E-state index contributed by atoms with van der Waals surface area (Å²) in [5.41, 5.74) is 0.0802. The molecule has 30 heavy (non-hydrogen) atoms. The van der Waals surface area contributed by atoms with Crippen molar-refractivity contribution in [2.45, 2.75) is 96.2 Å². The second-order valence-corrected chi connectivity index (χ2v) is 9.10. The van der Waals surface area contributed by atoms with Crippen LogP contribution in [0, 0.1) is 17.3 Å². The SMILES string of the molecule is CCCCC1(C(O)C/C=C/[C@H]2[C@H](O)CC(=O)[C@@H]2C/C=C\CCCC(=O)OC)CCC1. The number of rotatable bonds is 13. The van der Waals surface area contributed by atoms with Crippen LogP contribution in [0.1, 0.15) is 84.0 Å². The van der Waals surface area contributed by atoms with Crippen LogP contribution in [0.2, 0.25) is 0 Å². The molecular formula is C25H40O5. The van der Waals surface area contributed by atoms with Crippen molar-refractivity contribution in [2.24, 2.45) is 17.3 Å². The molecule has 2 aliphatic rings. The van der Waals surface area contributed by atoms with Crippen LogP contribution in [0.4, 0.5) is 0 Å². The fourth-order valence-electron chi connectivity index (χ4n) is 4.88. The quantitative estimate of drug-likeness (QED) is 0.260. The Bertz CT molecular complexity index is 605. The summed E-state index contributed by atoms with van der Waals surface area (Å²) in [7, 11) is 1.39. The Kier molecular flexibility index (Phi) is 10.3. The number of aliphatic hydroxyl groups excluding tert-OH is 2. The molecule has 2 fully saturated rings. The minimum Gasteiger partial charge on any atom is -0.469 e. The Hall–Kier alpha value is -1.46. The van der Waals surface area contributed by atoms with Crippen molar-refractivity contribution in [1.29, 1.82) is 0 Å². The molecule has 0 aromatic carbocycles. The molecule has 0 spiro atoms. The van der Waals surface area contributed by atoms with Crippen molar-refractivity contribution in [3.8, 4) is 0 Å². The fourth-order valence-corrected chi connectivity index (χ4v) is 4.88. The van der Waals surface area contributed by atoms with Crippen LogP contribution in [0.15, 0.2) is 24.3 Å². The van der Waals surface area contributed by atoms with Crippen molar-refractivity contribution in [2.75, 3.05) is 7.11 Å². The maximum Gasteiger partial charge on any atom is 0.305 e. The van der Waals surface area contributed by atoms with Gasteiger partial charge in [0.2, 0.25) is 0 Å². The Labute approximate surface area is 181 Å². The normalized spacial score (nSPS) is 26.9. The number of allylic oxidation sites excluding steroid dienone is 2. The number of ether oxygens (including phenoxy) is 1. The molecule has 4 atom stereocenters. The molecule has 1 unspecified atom stereocenters. The second kappa shape index (κ2) is 12.4. The van der Waals surface area contributed by atoms with Gasteiger partial charge in [0.05, 0.1) is 19.3 Å². The van der Waals surface area contributed by atoms with Crippen molar-refractivity contribution in [1.82, 2.24) is 0 Å². The van der Waals surface area contributed by atoms with Crippen molar-refractivity contribution in [3.05, 3.63) is 24.3 Å². The van der Waals surface area contributed by atoms with Crippen molar-refractivity contribution in [3.63, 3.8) is 0 Å². The molecular weight excluding hydrogens is 380 g/mol. The number of carbonyl (C=O) groups is 2. The first-order chi connectivity index (χ1) is 14.4. The summed E-state index contributed by atoms with van der Waals surface area (Å²) in [6.07, 6.45) is 17.1. The first-order valence-electron chi connectivity index (χ1n) is 11.7. The molecule has 170 valence electrons. The van der Waals surface area contributed by atoms with Gasteiger partial charge in [0.1, 0.15) is 5.78 Å². The van der Waals surface area contributed by atoms with Gasteiger partial charge in [-0.3, -0.25) is 9.59 Å². The topological polar surface area (TPSA) is 83.8 Å². The highest BCUT2D eigenvalue weighted by Gasteiger charge is 2.42. The molecule has 2 rings (SSSR count). The minimum absolute atomic E-state index is 0.0802. The molecule has 0 saturated heterocycles. The predicted molar refractivity (Wildman–Crippen MR) is 118 cm³/mol. The van der Waals surface area contributed by atoms with Crippen LogP contribution in [0.5, 0.6) is 0 Å². The molecule has 0 amide bonds. The number of Topliss-reactive ketones (excluding diaryl/α,β-unsaturated/α-hetero) is 1. The largest absolute Gasteiger partial charge is 0.469 e. The maximum absolute atomic E-state index is 12.3. The van der Waals surface area contributed by atoms with E-state index in [1.54, 1.807) is 0 Å². The van der Waals surface area contributed by atoms with E-state index in [9.17, 15) is 19.8 Å². The minimum atomic E-state index is -0.638. The van der Waals surface area contributed by atoms with Crippen LogP contribution >= 0.6 is 0 Å². The summed E-state index contributed by atoms with van der Waals surface area (Å²) in [5, 5.41) is 21.1. The van der Waals surface area contributed by atoms with E-state index in [2.05, 4.69) is 11.7 Å². The lowest BCUT2D eigenvalue weighted by molar-refractivity contribution is -0.140. The number of carbonyl (C=O) groups excluding carboxylic acids is 2. The summed E-state index contributed by atoms with van der Waals surface area (Å²) in [5.74, 6) is -0.487. The summed E-state index contributed by atoms with van der Waals surface area (Å²) in [4.78, 5) is 23.5. The monoisotopic (exact) mass is 420 g/mol. The summed E-state index contributed by atoms with van der Waals surface area (Å²) in [6, 6.07) is 0. The highest BCUT2D eigenvalue weighted by atomic mass is 16.5. The Morgan fingerprint density at radius 1 is 1.27 bits per heavy atom. The van der Waals surface area contributed by atoms with Crippen LogP contribution < -0.4 is 0 Å².